The third kappa shape index (κ3) is 5.67. The number of nitrogens with zero attached hydrogens (tertiary/aromatic N) is 3. The fourth-order valence-electron chi connectivity index (χ4n) is 2.79. The lowest BCUT2D eigenvalue weighted by Crippen LogP contribution is -2.09. The molecule has 0 fully saturated rings. The Labute approximate surface area is 185 Å². The van der Waals surface area contributed by atoms with E-state index in [0.29, 0.717) is 29.0 Å². The van der Waals surface area contributed by atoms with E-state index in [1.807, 2.05) is 54.6 Å². The summed E-state index contributed by atoms with van der Waals surface area (Å²) in [5.74, 6) is 3.20. The quantitative estimate of drug-likeness (QED) is 0.331. The van der Waals surface area contributed by atoms with Crippen LogP contribution in [-0.2, 0) is 4.79 Å². The molecular weight excluding hydrogens is 404 g/mol. The first kappa shape index (κ1) is 20.5. The van der Waals surface area contributed by atoms with Crippen LogP contribution in [0.3, 0.4) is 0 Å². The van der Waals surface area contributed by atoms with E-state index in [4.69, 9.17) is 4.74 Å². The highest BCUT2D eigenvalue weighted by atomic mass is 16.5. The van der Waals surface area contributed by atoms with Crippen molar-refractivity contribution >= 4 is 34.9 Å². The molecule has 2 heterocycles. The number of rotatable bonds is 8. The van der Waals surface area contributed by atoms with Gasteiger partial charge in [-0.05, 0) is 42.5 Å². The molecule has 0 aliphatic carbocycles. The number of carbonyl (C=O) groups excluding carboxylic acids is 1. The molecule has 8 nitrogen and oxygen atoms in total. The molecule has 2 aromatic heterocycles. The second kappa shape index (κ2) is 9.86. The topological polar surface area (TPSA) is 101 Å². The standard InChI is InChI=1S/C24H20N6O2/c1-2-24(31)30-21-13-7-12-20(28-21)29-23-15-22(25-16-26-23)27-17-8-6-11-19(14-17)32-18-9-4-3-5-10-18/h2-16H,1H2,(H3,25,26,27,28,29,30,31). The van der Waals surface area contributed by atoms with Crippen molar-refractivity contribution in [3.8, 4) is 11.5 Å². The molecular formula is C24H20N6O2. The Hall–Kier alpha value is -4.72. The summed E-state index contributed by atoms with van der Waals surface area (Å²) in [5, 5.41) is 8.96. The summed E-state index contributed by atoms with van der Waals surface area (Å²) in [6.45, 7) is 3.43. The SMILES string of the molecule is C=CC(=O)Nc1cccc(Nc2cc(Nc3cccc(Oc4ccccc4)c3)ncn2)n1. The Morgan fingerprint density at radius 3 is 2.31 bits per heavy atom. The van der Waals surface area contributed by atoms with Gasteiger partial charge in [0.05, 0.1) is 0 Å². The smallest absolute Gasteiger partial charge is 0.248 e. The molecule has 0 radical (unpaired) electrons. The molecule has 158 valence electrons. The molecule has 0 aliphatic heterocycles. The first-order valence-electron chi connectivity index (χ1n) is 9.77. The molecule has 0 saturated carbocycles. The van der Waals surface area contributed by atoms with Crippen LogP contribution in [0.4, 0.5) is 29.0 Å². The number of anilines is 5. The van der Waals surface area contributed by atoms with E-state index in [9.17, 15) is 4.79 Å². The van der Waals surface area contributed by atoms with Gasteiger partial charge >= 0.3 is 0 Å². The molecule has 2 aromatic carbocycles. The summed E-state index contributed by atoms with van der Waals surface area (Å²) in [6.07, 6.45) is 2.63. The highest BCUT2D eigenvalue weighted by molar-refractivity contribution is 5.98. The first-order valence-corrected chi connectivity index (χ1v) is 9.77. The van der Waals surface area contributed by atoms with E-state index >= 15 is 0 Å². The number of nitrogens with one attached hydrogen (secondary N) is 3. The predicted molar refractivity (Wildman–Crippen MR) is 125 cm³/mol. The Balaban J connectivity index is 1.45. The summed E-state index contributed by atoms with van der Waals surface area (Å²) >= 11 is 0. The van der Waals surface area contributed by atoms with Crippen LogP contribution in [-0.4, -0.2) is 20.9 Å². The van der Waals surface area contributed by atoms with Gasteiger partial charge in [-0.3, -0.25) is 4.79 Å². The van der Waals surface area contributed by atoms with E-state index in [0.717, 1.165) is 11.4 Å². The predicted octanol–water partition coefficient (Wildman–Crippen LogP) is 5.28. The van der Waals surface area contributed by atoms with Crippen molar-refractivity contribution in [1.82, 2.24) is 15.0 Å². The highest BCUT2D eigenvalue weighted by Gasteiger charge is 2.05. The van der Waals surface area contributed by atoms with Gasteiger partial charge in [0, 0.05) is 17.8 Å². The van der Waals surface area contributed by atoms with Crippen LogP contribution in [0, 0.1) is 0 Å². The number of ether oxygens (including phenoxy) is 1. The molecule has 0 spiro atoms. The number of aromatic nitrogens is 3. The monoisotopic (exact) mass is 424 g/mol. The Bertz CT molecular complexity index is 1230. The minimum Gasteiger partial charge on any atom is -0.457 e. The minimum atomic E-state index is -0.332. The van der Waals surface area contributed by atoms with Crippen LogP contribution in [0.25, 0.3) is 0 Å². The van der Waals surface area contributed by atoms with Crippen LogP contribution in [0.1, 0.15) is 0 Å². The van der Waals surface area contributed by atoms with Crippen molar-refractivity contribution in [3.63, 3.8) is 0 Å². The molecule has 8 heteroatoms. The maximum absolute atomic E-state index is 11.5. The summed E-state index contributed by atoms with van der Waals surface area (Å²) in [4.78, 5) is 24.3. The lowest BCUT2D eigenvalue weighted by molar-refractivity contribution is -0.111. The van der Waals surface area contributed by atoms with Gasteiger partial charge in [-0.2, -0.15) is 0 Å². The number of para-hydroxylation sites is 1. The zero-order chi connectivity index (χ0) is 22.2. The normalized spacial score (nSPS) is 10.1. The summed E-state index contributed by atoms with van der Waals surface area (Å²) in [6, 6.07) is 24.1. The van der Waals surface area contributed by atoms with Crippen molar-refractivity contribution in [2.75, 3.05) is 16.0 Å². The second-order valence-electron chi connectivity index (χ2n) is 6.58. The van der Waals surface area contributed by atoms with Crippen LogP contribution in [0.15, 0.2) is 97.8 Å². The Morgan fingerprint density at radius 1 is 0.781 bits per heavy atom. The van der Waals surface area contributed by atoms with Crippen molar-refractivity contribution < 1.29 is 9.53 Å². The van der Waals surface area contributed by atoms with E-state index < -0.39 is 0 Å². The molecule has 0 unspecified atom stereocenters. The number of carbonyl (C=O) groups is 1. The van der Waals surface area contributed by atoms with Gasteiger partial charge < -0.3 is 20.7 Å². The number of hydrogen-bond donors (Lipinski definition) is 3. The second-order valence-corrected chi connectivity index (χ2v) is 6.58. The maximum atomic E-state index is 11.5. The number of amides is 1. The summed E-state index contributed by atoms with van der Waals surface area (Å²) in [7, 11) is 0. The summed E-state index contributed by atoms with van der Waals surface area (Å²) in [5.41, 5.74) is 0.815. The maximum Gasteiger partial charge on any atom is 0.248 e. The number of benzene rings is 2. The zero-order valence-electron chi connectivity index (χ0n) is 17.0. The minimum absolute atomic E-state index is 0.332. The van der Waals surface area contributed by atoms with Gasteiger partial charge in [-0.1, -0.05) is 36.9 Å². The molecule has 0 atom stereocenters. The fraction of sp³-hybridized carbons (Fsp3) is 0. The van der Waals surface area contributed by atoms with Crippen LogP contribution < -0.4 is 20.7 Å². The van der Waals surface area contributed by atoms with Crippen molar-refractivity contribution in [1.29, 1.82) is 0 Å². The molecule has 0 saturated heterocycles. The number of hydrogen-bond acceptors (Lipinski definition) is 7. The molecule has 3 N–H and O–H groups in total. The van der Waals surface area contributed by atoms with Gasteiger partial charge in [0.2, 0.25) is 5.91 Å². The largest absolute Gasteiger partial charge is 0.457 e. The molecule has 4 rings (SSSR count). The summed E-state index contributed by atoms with van der Waals surface area (Å²) < 4.78 is 5.88. The van der Waals surface area contributed by atoms with Crippen molar-refractivity contribution in [2.24, 2.45) is 0 Å². The molecule has 0 bridgehead atoms. The van der Waals surface area contributed by atoms with E-state index in [1.165, 1.54) is 12.4 Å². The van der Waals surface area contributed by atoms with E-state index in [2.05, 4.69) is 37.5 Å². The molecule has 1 amide bonds. The van der Waals surface area contributed by atoms with E-state index in [1.54, 1.807) is 24.3 Å². The zero-order valence-corrected chi connectivity index (χ0v) is 17.0. The third-order valence-electron chi connectivity index (χ3n) is 4.19. The van der Waals surface area contributed by atoms with Crippen molar-refractivity contribution in [3.05, 3.63) is 97.8 Å². The van der Waals surface area contributed by atoms with Gasteiger partial charge in [-0.15, -0.1) is 0 Å². The lowest BCUT2D eigenvalue weighted by atomic mass is 10.3. The van der Waals surface area contributed by atoms with Gasteiger partial charge in [0.1, 0.15) is 41.1 Å². The lowest BCUT2D eigenvalue weighted by Gasteiger charge is -2.11. The molecule has 0 aliphatic rings. The first-order chi connectivity index (χ1) is 15.7. The third-order valence-corrected chi connectivity index (χ3v) is 4.19. The number of pyridine rings is 1. The van der Waals surface area contributed by atoms with Crippen LogP contribution in [0.5, 0.6) is 11.5 Å². The Kier molecular flexibility index (Phi) is 6.33. The van der Waals surface area contributed by atoms with Gasteiger partial charge in [-0.25, -0.2) is 15.0 Å². The fourth-order valence-corrected chi connectivity index (χ4v) is 2.79. The molecule has 4 aromatic rings. The van der Waals surface area contributed by atoms with Gasteiger partial charge in [0.15, 0.2) is 0 Å². The van der Waals surface area contributed by atoms with E-state index in [-0.39, 0.29) is 5.91 Å². The Morgan fingerprint density at radius 2 is 1.50 bits per heavy atom. The van der Waals surface area contributed by atoms with Crippen LogP contribution >= 0.6 is 0 Å². The average molecular weight is 424 g/mol. The average Bonchev–Trinajstić information content (AvgIpc) is 2.80. The van der Waals surface area contributed by atoms with Crippen LogP contribution in [0.2, 0.25) is 0 Å². The van der Waals surface area contributed by atoms with Crippen molar-refractivity contribution in [2.45, 2.75) is 0 Å². The molecule has 32 heavy (non-hydrogen) atoms. The van der Waals surface area contributed by atoms with Gasteiger partial charge in [0.25, 0.3) is 0 Å². The highest BCUT2D eigenvalue weighted by Crippen LogP contribution is 2.26.